The Labute approximate surface area is 149 Å². The van der Waals surface area contributed by atoms with Gasteiger partial charge in [-0.05, 0) is 76.1 Å². The molecular weight excluding hydrogens is 456 g/mol. The van der Waals surface area contributed by atoms with Crippen molar-refractivity contribution in [2.75, 3.05) is 0 Å². The number of hydrogen-bond acceptors (Lipinski definition) is 0. The summed E-state index contributed by atoms with van der Waals surface area (Å²) in [7, 11) is 0. The largest absolute Gasteiger partial charge is 0.0622 e. The van der Waals surface area contributed by atoms with Gasteiger partial charge in [-0.3, -0.25) is 0 Å². The Hall–Kier alpha value is -0.900. The number of rotatable bonds is 2. The predicted octanol–water partition coefficient (Wildman–Crippen LogP) is 7.31. The van der Waals surface area contributed by atoms with Gasteiger partial charge in [0.25, 0.3) is 0 Å². The average molecular weight is 467 g/mol. The zero-order valence-corrected chi connectivity index (χ0v) is 15.7. The highest BCUT2D eigenvalue weighted by Gasteiger charge is 2.13. The summed E-state index contributed by atoms with van der Waals surface area (Å²) in [5, 5.41) is 0. The van der Waals surface area contributed by atoms with Gasteiger partial charge in [0.15, 0.2) is 0 Å². The molecule has 0 N–H and O–H groups in total. The number of hydrogen-bond donors (Lipinski definition) is 0. The molecule has 3 aromatic carbocycles. The molecule has 21 heavy (non-hydrogen) atoms. The Morgan fingerprint density at radius 1 is 0.476 bits per heavy atom. The minimum absolute atomic E-state index is 1.03. The molecule has 0 spiro atoms. The summed E-state index contributed by atoms with van der Waals surface area (Å²) in [6, 6.07) is 23.1. The first-order valence-corrected chi connectivity index (χ1v) is 8.84. The predicted molar refractivity (Wildman–Crippen MR) is 100 cm³/mol. The minimum atomic E-state index is 1.03. The highest BCUT2D eigenvalue weighted by atomic mass is 79.9. The first kappa shape index (κ1) is 15.0. The second-order valence-corrected chi connectivity index (χ2v) is 7.07. The van der Waals surface area contributed by atoms with E-state index in [4.69, 9.17) is 0 Å². The SMILES string of the molecule is Brc1ccc(-c2ccccc2-c2ccccc2)c(Br)c1Br. The van der Waals surface area contributed by atoms with Crippen LogP contribution in [-0.2, 0) is 0 Å². The second kappa shape index (κ2) is 6.47. The maximum absolute atomic E-state index is 3.70. The lowest BCUT2D eigenvalue weighted by Gasteiger charge is -2.13. The summed E-state index contributed by atoms with van der Waals surface area (Å²) in [5.41, 5.74) is 4.83. The lowest BCUT2D eigenvalue weighted by atomic mass is 9.95. The van der Waals surface area contributed by atoms with E-state index in [2.05, 4.69) is 108 Å². The summed E-state index contributed by atoms with van der Waals surface area (Å²) in [5.74, 6) is 0. The van der Waals surface area contributed by atoms with Crippen LogP contribution in [0.15, 0.2) is 80.1 Å². The van der Waals surface area contributed by atoms with Crippen molar-refractivity contribution in [2.45, 2.75) is 0 Å². The van der Waals surface area contributed by atoms with Crippen LogP contribution in [-0.4, -0.2) is 0 Å². The van der Waals surface area contributed by atoms with Crippen molar-refractivity contribution >= 4 is 47.8 Å². The molecule has 0 radical (unpaired) electrons. The standard InChI is InChI=1S/C18H11Br3/c19-16-11-10-15(17(20)18(16)21)14-9-5-4-8-13(14)12-6-2-1-3-7-12/h1-11H. The van der Waals surface area contributed by atoms with Crippen LogP contribution in [0.3, 0.4) is 0 Å². The Morgan fingerprint density at radius 2 is 1.10 bits per heavy atom. The molecule has 0 bridgehead atoms. The van der Waals surface area contributed by atoms with Crippen molar-refractivity contribution in [1.29, 1.82) is 0 Å². The van der Waals surface area contributed by atoms with Crippen molar-refractivity contribution in [3.63, 3.8) is 0 Å². The quantitative estimate of drug-likeness (QED) is 0.347. The van der Waals surface area contributed by atoms with Crippen molar-refractivity contribution in [3.8, 4) is 22.3 Å². The van der Waals surface area contributed by atoms with Crippen LogP contribution in [0.1, 0.15) is 0 Å². The zero-order valence-electron chi connectivity index (χ0n) is 11.0. The van der Waals surface area contributed by atoms with Gasteiger partial charge in [0.05, 0.1) is 0 Å². The minimum Gasteiger partial charge on any atom is -0.0622 e. The van der Waals surface area contributed by atoms with Gasteiger partial charge < -0.3 is 0 Å². The lowest BCUT2D eigenvalue weighted by molar-refractivity contribution is 1.51. The summed E-state index contributed by atoms with van der Waals surface area (Å²) in [4.78, 5) is 0. The highest BCUT2D eigenvalue weighted by molar-refractivity contribution is 9.14. The maximum Gasteiger partial charge on any atom is 0.0465 e. The topological polar surface area (TPSA) is 0 Å². The van der Waals surface area contributed by atoms with E-state index in [-0.39, 0.29) is 0 Å². The van der Waals surface area contributed by atoms with Crippen LogP contribution in [0, 0.1) is 0 Å². The fraction of sp³-hybridized carbons (Fsp3) is 0. The van der Waals surface area contributed by atoms with Gasteiger partial charge in [-0.15, -0.1) is 0 Å². The molecule has 0 aliphatic heterocycles. The maximum atomic E-state index is 3.70. The van der Waals surface area contributed by atoms with E-state index < -0.39 is 0 Å². The van der Waals surface area contributed by atoms with Crippen molar-refractivity contribution in [2.24, 2.45) is 0 Å². The van der Waals surface area contributed by atoms with Gasteiger partial charge in [-0.1, -0.05) is 60.7 Å². The third-order valence-corrected chi connectivity index (χ3v) is 6.71. The molecule has 3 rings (SSSR count). The molecule has 0 saturated carbocycles. The third kappa shape index (κ3) is 3.01. The number of benzene rings is 3. The fourth-order valence-electron chi connectivity index (χ4n) is 2.32. The molecule has 3 aromatic rings. The van der Waals surface area contributed by atoms with E-state index in [0.29, 0.717) is 0 Å². The molecule has 3 heteroatoms. The molecular formula is C18H11Br3. The van der Waals surface area contributed by atoms with Crippen molar-refractivity contribution < 1.29 is 0 Å². The summed E-state index contributed by atoms with van der Waals surface area (Å²) >= 11 is 10.9. The normalized spacial score (nSPS) is 10.6. The molecule has 0 saturated heterocycles. The van der Waals surface area contributed by atoms with Gasteiger partial charge in [0, 0.05) is 13.4 Å². The molecule has 0 nitrogen and oxygen atoms in total. The highest BCUT2D eigenvalue weighted by Crippen LogP contribution is 2.41. The molecule has 104 valence electrons. The summed E-state index contributed by atoms with van der Waals surface area (Å²) in [6.45, 7) is 0. The Kier molecular flexibility index (Phi) is 4.63. The molecule has 0 atom stereocenters. The number of halogens is 3. The molecule has 0 fully saturated rings. The zero-order chi connectivity index (χ0) is 14.8. The van der Waals surface area contributed by atoms with Crippen LogP contribution < -0.4 is 0 Å². The van der Waals surface area contributed by atoms with E-state index >= 15 is 0 Å². The van der Waals surface area contributed by atoms with Crippen LogP contribution in [0.25, 0.3) is 22.3 Å². The Morgan fingerprint density at radius 3 is 1.81 bits per heavy atom. The van der Waals surface area contributed by atoms with Crippen molar-refractivity contribution in [1.82, 2.24) is 0 Å². The van der Waals surface area contributed by atoms with E-state index in [1.165, 1.54) is 22.3 Å². The van der Waals surface area contributed by atoms with Gasteiger partial charge in [-0.25, -0.2) is 0 Å². The van der Waals surface area contributed by atoms with Gasteiger partial charge >= 0.3 is 0 Å². The summed E-state index contributed by atoms with van der Waals surface area (Å²) in [6.07, 6.45) is 0. The molecule has 0 aliphatic rings. The van der Waals surface area contributed by atoms with Gasteiger partial charge in [-0.2, -0.15) is 0 Å². The average Bonchev–Trinajstić information content (AvgIpc) is 2.54. The first-order chi connectivity index (χ1) is 10.2. The van der Waals surface area contributed by atoms with Gasteiger partial charge in [0.1, 0.15) is 0 Å². The van der Waals surface area contributed by atoms with E-state index in [1.54, 1.807) is 0 Å². The molecule has 0 amide bonds. The smallest absolute Gasteiger partial charge is 0.0465 e. The van der Waals surface area contributed by atoms with Crippen LogP contribution in [0.2, 0.25) is 0 Å². The van der Waals surface area contributed by atoms with E-state index in [0.717, 1.165) is 13.4 Å². The molecule has 0 unspecified atom stereocenters. The van der Waals surface area contributed by atoms with E-state index in [9.17, 15) is 0 Å². The summed E-state index contributed by atoms with van der Waals surface area (Å²) < 4.78 is 3.12. The molecule has 0 aromatic heterocycles. The van der Waals surface area contributed by atoms with Crippen LogP contribution >= 0.6 is 47.8 Å². The Balaban J connectivity index is 2.23. The molecule has 0 aliphatic carbocycles. The van der Waals surface area contributed by atoms with Crippen molar-refractivity contribution in [3.05, 3.63) is 80.1 Å². The monoisotopic (exact) mass is 464 g/mol. The van der Waals surface area contributed by atoms with Crippen LogP contribution in [0.5, 0.6) is 0 Å². The van der Waals surface area contributed by atoms with Crippen LogP contribution in [0.4, 0.5) is 0 Å². The first-order valence-electron chi connectivity index (χ1n) is 6.47. The Bertz CT molecular complexity index is 780. The van der Waals surface area contributed by atoms with Gasteiger partial charge in [0.2, 0.25) is 0 Å². The second-order valence-electron chi connectivity index (χ2n) is 4.63. The third-order valence-electron chi connectivity index (χ3n) is 3.34. The fourth-order valence-corrected chi connectivity index (χ4v) is 3.82. The lowest BCUT2D eigenvalue weighted by Crippen LogP contribution is -1.87. The molecule has 0 heterocycles. The van der Waals surface area contributed by atoms with E-state index in [1.807, 2.05) is 6.07 Å².